The van der Waals surface area contributed by atoms with Crippen LogP contribution in [0.1, 0.15) is 55.7 Å². The van der Waals surface area contributed by atoms with E-state index in [1.54, 1.807) is 18.2 Å². The Hall–Kier alpha value is -2.83. The molecule has 0 aromatic heterocycles. The molecule has 2 fully saturated rings. The Morgan fingerprint density at radius 1 is 1.03 bits per heavy atom. The van der Waals surface area contributed by atoms with Gasteiger partial charge in [0.15, 0.2) is 0 Å². The zero-order valence-corrected chi connectivity index (χ0v) is 21.6. The summed E-state index contributed by atoms with van der Waals surface area (Å²) < 4.78 is 21.2. The van der Waals surface area contributed by atoms with Crippen LogP contribution >= 0.6 is 23.2 Å². The van der Waals surface area contributed by atoms with Crippen LogP contribution in [0.15, 0.2) is 59.7 Å². The van der Waals surface area contributed by atoms with Gasteiger partial charge in [-0.05, 0) is 85.9 Å². The van der Waals surface area contributed by atoms with Gasteiger partial charge in [-0.3, -0.25) is 9.59 Å². The number of carbonyl (C=O) groups is 2. The van der Waals surface area contributed by atoms with Crippen molar-refractivity contribution in [3.63, 3.8) is 0 Å². The highest BCUT2D eigenvalue weighted by Crippen LogP contribution is 2.58. The van der Waals surface area contributed by atoms with E-state index in [0.717, 1.165) is 31.2 Å². The van der Waals surface area contributed by atoms with E-state index in [0.29, 0.717) is 33.5 Å². The number of piperidine rings is 1. The third-order valence-electron chi connectivity index (χ3n) is 8.26. The second-order valence-corrected chi connectivity index (χ2v) is 11.3. The summed E-state index contributed by atoms with van der Waals surface area (Å²) in [6, 6.07) is 8.82. The predicted octanol–water partition coefficient (Wildman–Crippen LogP) is 6.57. The largest absolute Gasteiger partial charge is 0.490 e. The molecule has 1 saturated carbocycles. The molecule has 8 heteroatoms. The number of hydrogen-bond donors (Lipinski definition) is 2. The van der Waals surface area contributed by atoms with Crippen LogP contribution in [0.3, 0.4) is 0 Å². The maximum atomic E-state index is 14.8. The highest BCUT2D eigenvalue weighted by molar-refractivity contribution is 6.31. The summed E-state index contributed by atoms with van der Waals surface area (Å²) in [7, 11) is 0. The molecule has 1 unspecified atom stereocenters. The minimum absolute atomic E-state index is 0.0176. The maximum Gasteiger partial charge on any atom is 0.237 e. The van der Waals surface area contributed by atoms with Crippen LogP contribution in [0, 0.1) is 17.7 Å². The SMILES string of the molecule is O=C1C[C@@H](C2C=CC=C(Cl)C2)[C@]2(C(=O)Nc3cc(Cl)ccc32)[C@@H](c2cc(F)ccc2OC2CCCC2)N1. The fourth-order valence-corrected chi connectivity index (χ4v) is 7.11. The lowest BCUT2D eigenvalue weighted by atomic mass is 9.57. The lowest BCUT2D eigenvalue weighted by molar-refractivity contribution is -0.135. The number of anilines is 1. The number of amides is 2. The molecule has 2 N–H and O–H groups in total. The van der Waals surface area contributed by atoms with Crippen LogP contribution in [0.25, 0.3) is 0 Å². The molecule has 37 heavy (non-hydrogen) atoms. The van der Waals surface area contributed by atoms with E-state index in [1.807, 2.05) is 24.3 Å². The summed E-state index contributed by atoms with van der Waals surface area (Å²) in [6.07, 6.45) is 10.3. The molecule has 1 spiro atoms. The Labute approximate surface area is 225 Å². The Bertz CT molecular complexity index is 1340. The van der Waals surface area contributed by atoms with Crippen LogP contribution in [-0.2, 0) is 15.0 Å². The second-order valence-electron chi connectivity index (χ2n) is 10.4. The zero-order chi connectivity index (χ0) is 25.7. The summed E-state index contributed by atoms with van der Waals surface area (Å²) in [6.45, 7) is 0. The number of benzene rings is 2. The van der Waals surface area contributed by atoms with Gasteiger partial charge in [-0.25, -0.2) is 4.39 Å². The van der Waals surface area contributed by atoms with Crippen molar-refractivity contribution in [3.05, 3.63) is 81.6 Å². The van der Waals surface area contributed by atoms with Gasteiger partial charge >= 0.3 is 0 Å². The first-order valence-electron chi connectivity index (χ1n) is 12.8. The average Bonchev–Trinajstić information content (AvgIpc) is 3.47. The van der Waals surface area contributed by atoms with Crippen LogP contribution in [0.5, 0.6) is 5.75 Å². The van der Waals surface area contributed by atoms with Crippen molar-refractivity contribution in [2.45, 2.75) is 56.1 Å². The zero-order valence-electron chi connectivity index (χ0n) is 20.1. The first-order chi connectivity index (χ1) is 17.9. The van der Waals surface area contributed by atoms with E-state index in [1.165, 1.54) is 12.1 Å². The summed E-state index contributed by atoms with van der Waals surface area (Å²) in [5.41, 5.74) is 0.565. The number of fused-ring (bicyclic) bond motifs is 2. The topological polar surface area (TPSA) is 67.4 Å². The maximum absolute atomic E-state index is 14.8. The second kappa shape index (κ2) is 9.48. The molecule has 5 nitrogen and oxygen atoms in total. The van der Waals surface area contributed by atoms with Crippen LogP contribution in [0.2, 0.25) is 5.02 Å². The van der Waals surface area contributed by atoms with Gasteiger partial charge in [-0.1, -0.05) is 41.4 Å². The molecule has 2 aliphatic heterocycles. The summed E-state index contributed by atoms with van der Waals surface area (Å²) in [5, 5.41) is 7.25. The lowest BCUT2D eigenvalue weighted by Gasteiger charge is -2.49. The molecule has 192 valence electrons. The fraction of sp³-hybridized carbons (Fsp3) is 0.379. The lowest BCUT2D eigenvalue weighted by Crippen LogP contribution is -2.59. The Morgan fingerprint density at radius 3 is 2.62 bits per heavy atom. The molecule has 4 atom stereocenters. The highest BCUT2D eigenvalue weighted by atomic mass is 35.5. The Kier molecular flexibility index (Phi) is 6.28. The standard InChI is InChI=1S/C29H27Cl2FN2O3/c30-17-5-3-4-16(12-17)23-15-26(35)34-27(29(23)22-10-8-18(31)13-24(22)33-28(29)36)21-14-19(32)9-11-25(21)37-20-6-1-2-7-20/h3-5,8-11,13-14,16,20,23,27H,1-2,6-7,12,15H2,(H,33,36)(H,34,35)/t16?,23-,27+,29-/m0/s1. The molecule has 2 heterocycles. The average molecular weight is 541 g/mol. The van der Waals surface area contributed by atoms with Gasteiger partial charge in [0.2, 0.25) is 11.8 Å². The summed E-state index contributed by atoms with van der Waals surface area (Å²) in [4.78, 5) is 27.4. The van der Waals surface area contributed by atoms with Crippen molar-refractivity contribution < 1.29 is 18.7 Å². The third kappa shape index (κ3) is 4.15. The van der Waals surface area contributed by atoms with Crippen molar-refractivity contribution in [2.24, 2.45) is 11.8 Å². The van der Waals surface area contributed by atoms with Crippen LogP contribution in [0.4, 0.5) is 10.1 Å². The Balaban J connectivity index is 1.56. The number of carbonyl (C=O) groups excluding carboxylic acids is 2. The van der Waals surface area contributed by atoms with E-state index >= 15 is 0 Å². The summed E-state index contributed by atoms with van der Waals surface area (Å²) in [5.74, 6) is -1.04. The first-order valence-corrected chi connectivity index (χ1v) is 13.5. The van der Waals surface area contributed by atoms with Gasteiger partial charge in [-0.15, -0.1) is 0 Å². The van der Waals surface area contributed by atoms with Crippen LogP contribution < -0.4 is 15.4 Å². The first kappa shape index (κ1) is 24.5. The van der Waals surface area contributed by atoms with Gasteiger partial charge < -0.3 is 15.4 Å². The number of nitrogens with one attached hydrogen (secondary N) is 2. The van der Waals surface area contributed by atoms with Crippen molar-refractivity contribution in [3.8, 4) is 5.75 Å². The predicted molar refractivity (Wildman–Crippen MR) is 141 cm³/mol. The molecular weight excluding hydrogens is 514 g/mol. The molecule has 0 radical (unpaired) electrons. The van der Waals surface area contributed by atoms with Crippen molar-refractivity contribution >= 4 is 40.7 Å². The minimum atomic E-state index is -1.22. The molecule has 6 rings (SSSR count). The number of halogens is 3. The normalized spacial score (nSPS) is 29.2. The van der Waals surface area contributed by atoms with Gasteiger partial charge in [0, 0.05) is 27.7 Å². The van der Waals surface area contributed by atoms with Gasteiger partial charge in [-0.2, -0.15) is 0 Å². The molecular formula is C29H27Cl2FN2O3. The molecule has 1 saturated heterocycles. The Morgan fingerprint density at radius 2 is 1.84 bits per heavy atom. The van der Waals surface area contributed by atoms with Gasteiger partial charge in [0.25, 0.3) is 0 Å². The highest BCUT2D eigenvalue weighted by Gasteiger charge is 2.62. The van der Waals surface area contributed by atoms with E-state index in [2.05, 4.69) is 10.6 Å². The van der Waals surface area contributed by atoms with Gasteiger partial charge in [0.1, 0.15) is 17.0 Å². The number of ether oxygens (including phenoxy) is 1. The van der Waals surface area contributed by atoms with E-state index < -0.39 is 23.2 Å². The molecule has 4 aliphatic rings. The number of allylic oxidation sites excluding steroid dienone is 4. The molecule has 2 aromatic carbocycles. The van der Waals surface area contributed by atoms with E-state index in [9.17, 15) is 14.0 Å². The van der Waals surface area contributed by atoms with E-state index in [-0.39, 0.29) is 30.3 Å². The third-order valence-corrected chi connectivity index (χ3v) is 8.78. The van der Waals surface area contributed by atoms with Crippen molar-refractivity contribution in [1.29, 1.82) is 0 Å². The quantitative estimate of drug-likeness (QED) is 0.461. The van der Waals surface area contributed by atoms with Gasteiger partial charge in [0.05, 0.1) is 12.1 Å². The minimum Gasteiger partial charge on any atom is -0.490 e. The van der Waals surface area contributed by atoms with E-state index in [4.69, 9.17) is 27.9 Å². The monoisotopic (exact) mass is 540 g/mol. The molecule has 2 aromatic rings. The molecule has 0 bridgehead atoms. The number of rotatable bonds is 4. The smallest absolute Gasteiger partial charge is 0.237 e. The van der Waals surface area contributed by atoms with Crippen LogP contribution in [-0.4, -0.2) is 17.9 Å². The molecule has 2 amide bonds. The molecule has 2 aliphatic carbocycles. The summed E-state index contributed by atoms with van der Waals surface area (Å²) >= 11 is 12.7. The van der Waals surface area contributed by atoms with Crippen molar-refractivity contribution in [1.82, 2.24) is 5.32 Å². The fourth-order valence-electron chi connectivity index (χ4n) is 6.68. The van der Waals surface area contributed by atoms with Crippen molar-refractivity contribution in [2.75, 3.05) is 5.32 Å². The number of hydrogen-bond acceptors (Lipinski definition) is 3.